The maximum atomic E-state index is 11.1. The largest absolute Gasteiger partial charge is 0.370 e. The molecule has 0 aliphatic rings. The van der Waals surface area contributed by atoms with Crippen molar-refractivity contribution in [2.45, 2.75) is 13.5 Å². The Morgan fingerprint density at radius 1 is 1.33 bits per heavy atom. The van der Waals surface area contributed by atoms with Crippen LogP contribution >= 0.6 is 0 Å². The first-order chi connectivity index (χ1) is 8.70. The van der Waals surface area contributed by atoms with E-state index in [0.29, 0.717) is 0 Å². The van der Waals surface area contributed by atoms with Gasteiger partial charge in [0.05, 0.1) is 0 Å². The first kappa shape index (κ1) is 12.3. The van der Waals surface area contributed by atoms with E-state index in [4.69, 9.17) is 0 Å². The Bertz CT molecular complexity index is 537. The summed E-state index contributed by atoms with van der Waals surface area (Å²) in [5.41, 5.74) is 3.88. The molecule has 1 heterocycles. The molecule has 1 aromatic heterocycles. The standard InChI is InChI=1S/C15H16N2O/c1-12-5-6-15(14(8-12)11-18)17(2)10-13-4-3-7-16-9-13/h3-9,11H,10H2,1-2H3. The van der Waals surface area contributed by atoms with E-state index >= 15 is 0 Å². The zero-order valence-electron chi connectivity index (χ0n) is 10.6. The highest BCUT2D eigenvalue weighted by Gasteiger charge is 2.07. The minimum absolute atomic E-state index is 0.724. The van der Waals surface area contributed by atoms with Gasteiger partial charge in [0.1, 0.15) is 0 Å². The molecule has 0 N–H and O–H groups in total. The van der Waals surface area contributed by atoms with E-state index in [-0.39, 0.29) is 0 Å². The summed E-state index contributed by atoms with van der Waals surface area (Å²) in [6.07, 6.45) is 4.50. The number of aldehydes is 1. The Morgan fingerprint density at radius 2 is 2.17 bits per heavy atom. The van der Waals surface area contributed by atoms with Crippen molar-refractivity contribution in [2.24, 2.45) is 0 Å². The number of pyridine rings is 1. The van der Waals surface area contributed by atoms with Gasteiger partial charge < -0.3 is 4.90 Å². The highest BCUT2D eigenvalue weighted by molar-refractivity contribution is 5.84. The van der Waals surface area contributed by atoms with Crippen molar-refractivity contribution in [3.05, 3.63) is 59.4 Å². The van der Waals surface area contributed by atoms with Crippen LogP contribution in [-0.2, 0) is 6.54 Å². The zero-order chi connectivity index (χ0) is 13.0. The summed E-state index contributed by atoms with van der Waals surface area (Å²) in [5, 5.41) is 0. The Hall–Kier alpha value is -2.16. The molecule has 2 aromatic rings. The molecule has 0 atom stereocenters. The fourth-order valence-electron chi connectivity index (χ4n) is 1.97. The molecule has 0 amide bonds. The van der Waals surface area contributed by atoms with Gasteiger partial charge in [-0.3, -0.25) is 9.78 Å². The second-order valence-electron chi connectivity index (χ2n) is 4.40. The van der Waals surface area contributed by atoms with Gasteiger partial charge in [0.2, 0.25) is 0 Å². The quantitative estimate of drug-likeness (QED) is 0.770. The molecule has 0 bridgehead atoms. The van der Waals surface area contributed by atoms with Crippen LogP contribution in [0.3, 0.4) is 0 Å². The van der Waals surface area contributed by atoms with Crippen LogP contribution in [0.25, 0.3) is 0 Å². The first-order valence-corrected chi connectivity index (χ1v) is 5.86. The van der Waals surface area contributed by atoms with E-state index < -0.39 is 0 Å². The molecule has 0 unspecified atom stereocenters. The number of nitrogens with zero attached hydrogens (tertiary/aromatic N) is 2. The van der Waals surface area contributed by atoms with Crippen LogP contribution in [0.2, 0.25) is 0 Å². The Morgan fingerprint density at radius 3 is 2.83 bits per heavy atom. The van der Waals surface area contributed by atoms with Crippen molar-refractivity contribution in [1.82, 2.24) is 4.98 Å². The lowest BCUT2D eigenvalue weighted by atomic mass is 10.1. The van der Waals surface area contributed by atoms with Crippen molar-refractivity contribution >= 4 is 12.0 Å². The minimum Gasteiger partial charge on any atom is -0.370 e. The van der Waals surface area contributed by atoms with Gasteiger partial charge in [0, 0.05) is 37.2 Å². The number of anilines is 1. The number of rotatable bonds is 4. The summed E-state index contributed by atoms with van der Waals surface area (Å²) in [5.74, 6) is 0. The van der Waals surface area contributed by atoms with E-state index in [1.807, 2.05) is 50.5 Å². The molecule has 18 heavy (non-hydrogen) atoms. The first-order valence-electron chi connectivity index (χ1n) is 5.86. The van der Waals surface area contributed by atoms with Gasteiger partial charge in [-0.1, -0.05) is 17.7 Å². The summed E-state index contributed by atoms with van der Waals surface area (Å²) in [6, 6.07) is 9.84. The number of aryl methyl sites for hydroxylation is 1. The topological polar surface area (TPSA) is 33.2 Å². The Kier molecular flexibility index (Phi) is 3.72. The van der Waals surface area contributed by atoms with Gasteiger partial charge in [0.25, 0.3) is 0 Å². The van der Waals surface area contributed by atoms with E-state index in [2.05, 4.69) is 9.88 Å². The molecule has 3 heteroatoms. The number of carbonyl (C=O) groups is 1. The third-order valence-corrected chi connectivity index (χ3v) is 2.86. The molecule has 0 saturated carbocycles. The molecule has 3 nitrogen and oxygen atoms in total. The molecule has 92 valence electrons. The predicted octanol–water partition coefficient (Wildman–Crippen LogP) is 2.84. The van der Waals surface area contributed by atoms with Gasteiger partial charge in [0.15, 0.2) is 6.29 Å². The second kappa shape index (κ2) is 5.45. The van der Waals surface area contributed by atoms with E-state index in [1.165, 1.54) is 0 Å². The summed E-state index contributed by atoms with van der Waals surface area (Å²) in [6.45, 7) is 2.72. The summed E-state index contributed by atoms with van der Waals surface area (Å²) < 4.78 is 0. The van der Waals surface area contributed by atoms with Crippen LogP contribution in [0.5, 0.6) is 0 Å². The number of aromatic nitrogens is 1. The fraction of sp³-hybridized carbons (Fsp3) is 0.200. The van der Waals surface area contributed by atoms with Gasteiger partial charge in [-0.15, -0.1) is 0 Å². The normalized spacial score (nSPS) is 10.1. The van der Waals surface area contributed by atoms with Gasteiger partial charge >= 0.3 is 0 Å². The fourth-order valence-corrected chi connectivity index (χ4v) is 1.97. The Balaban J connectivity index is 2.23. The van der Waals surface area contributed by atoms with Crippen LogP contribution in [0.1, 0.15) is 21.5 Å². The lowest BCUT2D eigenvalue weighted by Gasteiger charge is -2.21. The average Bonchev–Trinajstić information content (AvgIpc) is 2.39. The van der Waals surface area contributed by atoms with Gasteiger partial charge in [-0.25, -0.2) is 0 Å². The zero-order valence-corrected chi connectivity index (χ0v) is 10.6. The monoisotopic (exact) mass is 240 g/mol. The van der Waals surface area contributed by atoms with Crippen LogP contribution in [0.15, 0.2) is 42.7 Å². The third-order valence-electron chi connectivity index (χ3n) is 2.86. The highest BCUT2D eigenvalue weighted by Crippen LogP contribution is 2.20. The number of carbonyl (C=O) groups excluding carboxylic acids is 1. The van der Waals surface area contributed by atoms with E-state index in [0.717, 1.165) is 35.2 Å². The third kappa shape index (κ3) is 2.74. The molecule has 0 fully saturated rings. The summed E-state index contributed by atoms with van der Waals surface area (Å²) in [4.78, 5) is 17.2. The molecular formula is C15H16N2O. The van der Waals surface area contributed by atoms with Crippen LogP contribution in [0, 0.1) is 6.92 Å². The van der Waals surface area contributed by atoms with Crippen molar-refractivity contribution in [2.75, 3.05) is 11.9 Å². The predicted molar refractivity (Wildman–Crippen MR) is 72.9 cm³/mol. The second-order valence-corrected chi connectivity index (χ2v) is 4.40. The molecule has 1 aromatic carbocycles. The number of benzene rings is 1. The lowest BCUT2D eigenvalue weighted by molar-refractivity contribution is 0.112. The maximum absolute atomic E-state index is 11.1. The van der Waals surface area contributed by atoms with E-state index in [9.17, 15) is 4.79 Å². The van der Waals surface area contributed by atoms with Gasteiger partial charge in [-0.05, 0) is 30.7 Å². The van der Waals surface area contributed by atoms with Crippen molar-refractivity contribution < 1.29 is 4.79 Å². The average molecular weight is 240 g/mol. The van der Waals surface area contributed by atoms with Crippen LogP contribution < -0.4 is 4.90 Å². The van der Waals surface area contributed by atoms with E-state index in [1.54, 1.807) is 6.20 Å². The molecule has 0 saturated heterocycles. The van der Waals surface area contributed by atoms with Crippen molar-refractivity contribution in [3.63, 3.8) is 0 Å². The summed E-state index contributed by atoms with van der Waals surface area (Å²) >= 11 is 0. The van der Waals surface area contributed by atoms with Crippen LogP contribution in [0.4, 0.5) is 5.69 Å². The minimum atomic E-state index is 0.724. The number of hydrogen-bond donors (Lipinski definition) is 0. The smallest absolute Gasteiger partial charge is 0.152 e. The highest BCUT2D eigenvalue weighted by atomic mass is 16.1. The molecule has 0 aliphatic carbocycles. The lowest BCUT2D eigenvalue weighted by Crippen LogP contribution is -2.18. The molecule has 2 rings (SSSR count). The van der Waals surface area contributed by atoms with Crippen molar-refractivity contribution in [1.29, 1.82) is 0 Å². The number of hydrogen-bond acceptors (Lipinski definition) is 3. The van der Waals surface area contributed by atoms with Crippen molar-refractivity contribution in [3.8, 4) is 0 Å². The van der Waals surface area contributed by atoms with Gasteiger partial charge in [-0.2, -0.15) is 0 Å². The molecule has 0 aliphatic heterocycles. The molecular weight excluding hydrogens is 224 g/mol. The summed E-state index contributed by atoms with van der Waals surface area (Å²) in [7, 11) is 1.98. The SMILES string of the molecule is Cc1ccc(N(C)Cc2cccnc2)c(C=O)c1. The van der Waals surface area contributed by atoms with Crippen LogP contribution in [-0.4, -0.2) is 18.3 Å². The molecule has 0 spiro atoms. The molecule has 0 radical (unpaired) electrons. The maximum Gasteiger partial charge on any atom is 0.152 e. The Labute approximate surface area is 107 Å².